The van der Waals surface area contributed by atoms with Crippen molar-refractivity contribution >= 4 is 49.5 Å². The Morgan fingerprint density at radius 1 is 1.25 bits per heavy atom. The molecule has 1 rings (SSSR count). The number of hydrogen-bond donors (Lipinski definition) is 2. The topological polar surface area (TPSA) is 127 Å². The molecule has 0 amide bonds. The Morgan fingerprint density at radius 3 is 2.10 bits per heavy atom. The first-order valence-electron chi connectivity index (χ1n) is 5.05. The molecule has 0 fully saturated rings. The Balaban J connectivity index is 0.000000367. The van der Waals surface area contributed by atoms with Crippen LogP contribution in [0.15, 0.2) is 22.6 Å². The van der Waals surface area contributed by atoms with Crippen molar-refractivity contribution in [2.24, 2.45) is 4.36 Å². The van der Waals surface area contributed by atoms with Crippen LogP contribution in [-0.4, -0.2) is 33.7 Å². The summed E-state index contributed by atoms with van der Waals surface area (Å²) in [5.41, 5.74) is 5.86. The molecule has 11 heteroatoms. The Hall–Kier alpha value is -0.870. The Labute approximate surface area is 128 Å². The zero-order chi connectivity index (χ0) is 15.8. The van der Waals surface area contributed by atoms with E-state index >= 15 is 0 Å². The third-order valence-corrected chi connectivity index (χ3v) is 3.61. The van der Waals surface area contributed by atoms with Gasteiger partial charge >= 0.3 is 10.5 Å². The van der Waals surface area contributed by atoms with Crippen LogP contribution in [0.1, 0.15) is 6.42 Å². The molecule has 0 saturated heterocycles. The smallest absolute Gasteiger partial charge is 0.311 e. The van der Waals surface area contributed by atoms with Crippen molar-refractivity contribution in [3.05, 3.63) is 28.2 Å². The number of halogens is 2. The van der Waals surface area contributed by atoms with Gasteiger partial charge in [0.05, 0.1) is 28.0 Å². The quantitative estimate of drug-likeness (QED) is 0.478. The van der Waals surface area contributed by atoms with E-state index in [1.54, 1.807) is 18.2 Å². The predicted molar refractivity (Wildman–Crippen MR) is 78.1 cm³/mol. The van der Waals surface area contributed by atoms with Crippen molar-refractivity contribution in [2.75, 3.05) is 18.0 Å². The van der Waals surface area contributed by atoms with Crippen molar-refractivity contribution < 1.29 is 21.4 Å². The molecule has 0 spiro atoms. The molecule has 7 nitrogen and oxygen atoms in total. The van der Waals surface area contributed by atoms with E-state index in [-0.39, 0.29) is 13.0 Å². The Morgan fingerprint density at radius 2 is 1.75 bits per heavy atom. The maximum atomic E-state index is 10.0. The lowest BCUT2D eigenvalue weighted by Gasteiger charge is -1.96. The van der Waals surface area contributed by atoms with Crippen LogP contribution in [0.25, 0.3) is 0 Å². The highest BCUT2D eigenvalue weighted by molar-refractivity contribution is 7.85. The molecular formula is C9H12Cl2N2O5S2. The first-order chi connectivity index (χ1) is 9.13. The van der Waals surface area contributed by atoms with Crippen LogP contribution < -0.4 is 5.73 Å². The first-order valence-corrected chi connectivity index (χ1v) is 8.44. The number of nitrogens with two attached hydrogens (primary N) is 1. The van der Waals surface area contributed by atoms with E-state index in [9.17, 15) is 16.8 Å². The molecule has 0 heterocycles. The standard InChI is InChI=1S/C6H5Cl2N.C3H7NO5S2/c7-4-2-1-3-5(8)6(4)9;5-10(6)4-2-1-3-11(7,8)9/h1-3H,9H2;1-3H2,(H,7,8,9). The van der Waals surface area contributed by atoms with Crippen LogP contribution in [-0.2, 0) is 20.6 Å². The van der Waals surface area contributed by atoms with Crippen LogP contribution >= 0.6 is 23.2 Å². The fourth-order valence-corrected chi connectivity index (χ4v) is 2.07. The SMILES string of the molecule is Nc1c(Cl)cccc1Cl.O=S(=O)=NCCCS(=O)(=O)O. The summed E-state index contributed by atoms with van der Waals surface area (Å²) < 4.78 is 50.7. The second kappa shape index (κ2) is 9.14. The zero-order valence-electron chi connectivity index (χ0n) is 10.0. The van der Waals surface area contributed by atoms with Gasteiger partial charge in [-0.15, -0.1) is 0 Å². The molecule has 1 aromatic carbocycles. The maximum absolute atomic E-state index is 10.0. The van der Waals surface area contributed by atoms with E-state index in [1.165, 1.54) is 0 Å². The Bertz CT molecular complexity index is 645. The number of nitrogens with zero attached hydrogens (tertiary/aromatic N) is 1. The number of anilines is 1. The Kier molecular flexibility index (Phi) is 8.74. The average Bonchev–Trinajstić information content (AvgIpc) is 2.31. The van der Waals surface area contributed by atoms with Gasteiger partial charge in [0, 0.05) is 0 Å². The highest BCUT2D eigenvalue weighted by Crippen LogP contribution is 2.25. The third kappa shape index (κ3) is 9.98. The molecule has 0 radical (unpaired) electrons. The van der Waals surface area contributed by atoms with Crippen molar-refractivity contribution in [1.82, 2.24) is 0 Å². The molecule has 0 aliphatic heterocycles. The summed E-state index contributed by atoms with van der Waals surface area (Å²) in [6, 6.07) is 5.15. The zero-order valence-corrected chi connectivity index (χ0v) is 13.2. The van der Waals surface area contributed by atoms with Crippen LogP contribution in [0.3, 0.4) is 0 Å². The molecule has 0 atom stereocenters. The minimum Gasteiger partial charge on any atom is -0.396 e. The number of rotatable bonds is 4. The summed E-state index contributed by atoms with van der Waals surface area (Å²) in [4.78, 5) is 0. The molecule has 0 aromatic heterocycles. The molecule has 114 valence electrons. The molecule has 0 saturated carbocycles. The van der Waals surface area contributed by atoms with E-state index in [4.69, 9.17) is 33.5 Å². The van der Waals surface area contributed by atoms with Crippen LogP contribution in [0.5, 0.6) is 0 Å². The summed E-state index contributed by atoms with van der Waals surface area (Å²) >= 11 is 11.2. The van der Waals surface area contributed by atoms with Gasteiger partial charge in [-0.3, -0.25) is 4.55 Å². The first kappa shape index (κ1) is 19.1. The molecule has 0 bridgehead atoms. The minimum atomic E-state index is -3.98. The molecule has 0 aliphatic carbocycles. The van der Waals surface area contributed by atoms with Gasteiger partial charge in [-0.05, 0) is 18.6 Å². The molecule has 0 aliphatic rings. The molecular weight excluding hydrogens is 351 g/mol. The maximum Gasteiger partial charge on any atom is 0.311 e. The van der Waals surface area contributed by atoms with Gasteiger partial charge in [-0.2, -0.15) is 21.2 Å². The number of nitrogen functional groups attached to an aromatic ring is 1. The summed E-state index contributed by atoms with van der Waals surface area (Å²) in [7, 11) is -6.48. The highest BCUT2D eigenvalue weighted by atomic mass is 35.5. The highest BCUT2D eigenvalue weighted by Gasteiger charge is 2.02. The number of para-hydroxylation sites is 1. The van der Waals surface area contributed by atoms with Gasteiger partial charge in [0.1, 0.15) is 0 Å². The van der Waals surface area contributed by atoms with Crippen LogP contribution in [0.2, 0.25) is 10.0 Å². The van der Waals surface area contributed by atoms with Gasteiger partial charge in [-0.1, -0.05) is 29.3 Å². The van der Waals surface area contributed by atoms with Gasteiger partial charge < -0.3 is 5.73 Å². The third-order valence-electron chi connectivity index (χ3n) is 1.76. The second-order valence-electron chi connectivity index (χ2n) is 3.34. The van der Waals surface area contributed by atoms with Crippen LogP contribution in [0, 0.1) is 0 Å². The largest absolute Gasteiger partial charge is 0.396 e. The summed E-state index contributed by atoms with van der Waals surface area (Å²) in [5.74, 6) is -0.465. The lowest BCUT2D eigenvalue weighted by atomic mass is 10.3. The number of hydrogen-bond acceptors (Lipinski definition) is 6. The fourth-order valence-electron chi connectivity index (χ4n) is 0.897. The molecule has 0 unspecified atom stereocenters. The molecule has 3 N–H and O–H groups in total. The lowest BCUT2D eigenvalue weighted by Crippen LogP contribution is -2.04. The fraction of sp³-hybridized carbons (Fsp3) is 0.333. The summed E-state index contributed by atoms with van der Waals surface area (Å²) in [6.45, 7) is -0.115. The van der Waals surface area contributed by atoms with Crippen molar-refractivity contribution in [1.29, 1.82) is 0 Å². The molecule has 1 aromatic rings. The monoisotopic (exact) mass is 362 g/mol. The predicted octanol–water partition coefficient (Wildman–Crippen LogP) is 1.90. The summed E-state index contributed by atoms with van der Waals surface area (Å²) in [5, 5.41) is 1.00. The average molecular weight is 363 g/mol. The van der Waals surface area contributed by atoms with E-state index in [2.05, 4.69) is 4.36 Å². The van der Waals surface area contributed by atoms with Crippen molar-refractivity contribution in [3.8, 4) is 0 Å². The van der Waals surface area contributed by atoms with Crippen molar-refractivity contribution in [3.63, 3.8) is 0 Å². The van der Waals surface area contributed by atoms with Gasteiger partial charge in [0.25, 0.3) is 10.1 Å². The summed E-state index contributed by atoms with van der Waals surface area (Å²) in [6.07, 6.45) is 0.00676. The number of benzene rings is 1. The van der Waals surface area contributed by atoms with Gasteiger partial charge in [0.2, 0.25) is 0 Å². The van der Waals surface area contributed by atoms with Gasteiger partial charge in [0.15, 0.2) is 0 Å². The lowest BCUT2D eigenvalue weighted by molar-refractivity contribution is 0.481. The van der Waals surface area contributed by atoms with Gasteiger partial charge in [-0.25, -0.2) is 0 Å². The minimum absolute atomic E-state index is 0.00676. The van der Waals surface area contributed by atoms with E-state index in [0.29, 0.717) is 15.7 Å². The second-order valence-corrected chi connectivity index (χ2v) is 6.42. The van der Waals surface area contributed by atoms with E-state index in [1.807, 2.05) is 0 Å². The van der Waals surface area contributed by atoms with E-state index < -0.39 is 26.4 Å². The van der Waals surface area contributed by atoms with Crippen LogP contribution in [0.4, 0.5) is 5.69 Å². The normalized spacial score (nSPS) is 10.3. The molecule has 20 heavy (non-hydrogen) atoms. The van der Waals surface area contributed by atoms with Crippen molar-refractivity contribution in [2.45, 2.75) is 6.42 Å². The van der Waals surface area contributed by atoms with E-state index in [0.717, 1.165) is 0 Å².